The van der Waals surface area contributed by atoms with Crippen LogP contribution in [0, 0.1) is 6.07 Å². The molecule has 7 heteroatoms. The van der Waals surface area contributed by atoms with Crippen molar-refractivity contribution >= 4 is 32.8 Å². The number of pyridine rings is 3. The van der Waals surface area contributed by atoms with E-state index in [4.69, 9.17) is 6.11 Å². The number of rotatable bonds is 3. The fourth-order valence-corrected chi connectivity index (χ4v) is 3.77. The summed E-state index contributed by atoms with van der Waals surface area (Å²) in [6.07, 6.45) is 3.15. The molecule has 2 aromatic carbocycles. The molecule has 0 saturated carbocycles. The van der Waals surface area contributed by atoms with Crippen LogP contribution in [0.1, 0.15) is 1.37 Å². The van der Waals surface area contributed by atoms with Crippen LogP contribution in [0.5, 0.6) is 17.4 Å². The second-order valence-corrected chi connectivity index (χ2v) is 7.00. The molecule has 0 unspecified atom stereocenters. The van der Waals surface area contributed by atoms with Gasteiger partial charge in [-0.25, -0.2) is 9.97 Å². The maximum atomic E-state index is 10.1. The summed E-state index contributed by atoms with van der Waals surface area (Å²) in [7, 11) is 0. The maximum absolute atomic E-state index is 10.1. The third-order valence-corrected chi connectivity index (χ3v) is 5.13. The summed E-state index contributed by atoms with van der Waals surface area (Å²) >= 11 is 0. The van der Waals surface area contributed by atoms with Gasteiger partial charge in [-0.05, 0) is 29.7 Å². The molecule has 0 radical (unpaired) electrons. The van der Waals surface area contributed by atoms with Crippen molar-refractivity contribution in [2.45, 2.75) is 0 Å². The second kappa shape index (κ2) is 8.06. The minimum absolute atomic E-state index is 0. The van der Waals surface area contributed by atoms with E-state index in [9.17, 15) is 5.11 Å². The topological polar surface area (TPSA) is 73.1 Å². The molecule has 0 amide bonds. The molecular weight excluding hydrogens is 583 g/mol. The largest absolute Gasteiger partial charge is 0.506 e. The fraction of sp³-hybridized carbons (Fsp3) is 0. The molecule has 0 saturated heterocycles. The van der Waals surface area contributed by atoms with E-state index in [1.54, 1.807) is 30.5 Å². The van der Waals surface area contributed by atoms with E-state index in [2.05, 4.69) is 21.0 Å². The Morgan fingerprint density at radius 1 is 0.906 bits per heavy atom. The molecule has 4 aromatic heterocycles. The average molecular weight is 600 g/mol. The van der Waals surface area contributed by atoms with Gasteiger partial charge in [0, 0.05) is 56.9 Å². The number of hydrogen-bond acceptors (Lipinski definition) is 5. The van der Waals surface area contributed by atoms with E-state index < -0.39 is 0 Å². The number of fused-ring (bicyclic) bond motifs is 4. The number of nitrogens with zero attached hydrogens (tertiary/aromatic N) is 4. The van der Waals surface area contributed by atoms with Gasteiger partial charge in [-0.2, -0.15) is 6.07 Å². The molecule has 0 bridgehead atoms. The Balaban J connectivity index is 0.00000228. The van der Waals surface area contributed by atoms with Gasteiger partial charge in [0.2, 0.25) is 5.88 Å². The molecular formula is C25H15N4O2Pt-. The second-order valence-electron chi connectivity index (χ2n) is 7.00. The van der Waals surface area contributed by atoms with Gasteiger partial charge < -0.3 is 14.4 Å². The number of aromatic nitrogens is 4. The van der Waals surface area contributed by atoms with Crippen LogP contribution < -0.4 is 4.74 Å². The molecule has 0 spiro atoms. The zero-order chi connectivity index (χ0) is 21.7. The van der Waals surface area contributed by atoms with Gasteiger partial charge in [-0.1, -0.05) is 29.8 Å². The van der Waals surface area contributed by atoms with Gasteiger partial charge in [0.05, 0.1) is 6.89 Å². The number of benzene rings is 2. The average Bonchev–Trinajstić information content (AvgIpc) is 3.13. The zero-order valence-corrected chi connectivity index (χ0v) is 18.7. The summed E-state index contributed by atoms with van der Waals surface area (Å²) in [5.41, 5.74) is 2.70. The Labute approximate surface area is 198 Å². The summed E-state index contributed by atoms with van der Waals surface area (Å²) in [5, 5.41) is 12.1. The van der Waals surface area contributed by atoms with E-state index in [1.165, 1.54) is 12.3 Å². The maximum Gasteiger partial charge on any atom is 0.217 e. The van der Waals surface area contributed by atoms with Crippen LogP contribution in [0.2, 0.25) is 0 Å². The quantitative estimate of drug-likeness (QED) is 0.275. The van der Waals surface area contributed by atoms with Crippen molar-refractivity contribution in [3.8, 4) is 23.2 Å². The molecule has 6 rings (SSSR count). The van der Waals surface area contributed by atoms with Crippen molar-refractivity contribution in [1.29, 1.82) is 0 Å². The molecule has 0 aliphatic heterocycles. The van der Waals surface area contributed by atoms with E-state index in [0.717, 1.165) is 21.8 Å². The van der Waals surface area contributed by atoms with Gasteiger partial charge in [-0.3, -0.25) is 4.98 Å². The third-order valence-electron chi connectivity index (χ3n) is 5.13. The van der Waals surface area contributed by atoms with Gasteiger partial charge >= 0.3 is 0 Å². The van der Waals surface area contributed by atoms with Crippen molar-refractivity contribution in [2.24, 2.45) is 0 Å². The molecule has 158 valence electrons. The minimum Gasteiger partial charge on any atom is -0.506 e. The molecule has 0 fully saturated rings. The van der Waals surface area contributed by atoms with Crippen LogP contribution in [-0.2, 0) is 21.1 Å². The van der Waals surface area contributed by atoms with E-state index in [1.807, 2.05) is 41.0 Å². The SMILES string of the molecule is [2H]c1ccnc(-n2c3[c-]c(Oc4ccc5nccc(O)c5n4)ccc3c3ccccc32)c1.[Pt]. The van der Waals surface area contributed by atoms with Gasteiger partial charge in [0.15, 0.2) is 0 Å². The molecule has 6 nitrogen and oxygen atoms in total. The number of hydrogen-bond donors (Lipinski definition) is 1. The van der Waals surface area contributed by atoms with Crippen LogP contribution >= 0.6 is 0 Å². The van der Waals surface area contributed by atoms with Crippen molar-refractivity contribution in [1.82, 2.24) is 19.5 Å². The van der Waals surface area contributed by atoms with Crippen LogP contribution in [0.4, 0.5) is 0 Å². The van der Waals surface area contributed by atoms with E-state index in [-0.39, 0.29) is 26.8 Å². The number of para-hydroxylation sites is 1. The first-order valence-corrected chi connectivity index (χ1v) is 9.68. The van der Waals surface area contributed by atoms with Crippen LogP contribution in [0.3, 0.4) is 0 Å². The minimum atomic E-state index is 0. The molecule has 32 heavy (non-hydrogen) atoms. The Hall–Kier alpha value is -3.76. The Morgan fingerprint density at radius 3 is 2.72 bits per heavy atom. The summed E-state index contributed by atoms with van der Waals surface area (Å²) in [6.45, 7) is 0. The molecule has 0 aliphatic rings. The van der Waals surface area contributed by atoms with Crippen molar-refractivity contribution < 1.29 is 32.3 Å². The van der Waals surface area contributed by atoms with Gasteiger partial charge in [0.25, 0.3) is 0 Å². The zero-order valence-electron chi connectivity index (χ0n) is 17.5. The number of aromatic hydroxyl groups is 1. The predicted molar refractivity (Wildman–Crippen MR) is 119 cm³/mol. The molecule has 1 N–H and O–H groups in total. The van der Waals surface area contributed by atoms with Gasteiger partial charge in [-0.15, -0.1) is 17.5 Å². The smallest absolute Gasteiger partial charge is 0.217 e. The normalized spacial score (nSPS) is 11.4. The van der Waals surface area contributed by atoms with Gasteiger partial charge in [0.1, 0.15) is 17.1 Å². The predicted octanol–water partition coefficient (Wildman–Crippen LogP) is 5.42. The summed E-state index contributed by atoms with van der Waals surface area (Å²) in [6, 6.07) is 23.9. The van der Waals surface area contributed by atoms with Crippen LogP contribution in [0.15, 0.2) is 85.2 Å². The molecule has 0 aliphatic carbocycles. The standard InChI is InChI=1S/C25H15N4O2.Pt/c30-22-12-14-26-19-10-11-24(28-25(19)22)31-16-8-9-18-17-5-1-2-6-20(17)29(21(18)15-16)23-7-3-4-13-27-23;/h1-14H,(H,26,30);/q-1;/i3D;. The van der Waals surface area contributed by atoms with E-state index >= 15 is 0 Å². The summed E-state index contributed by atoms with van der Waals surface area (Å²) in [4.78, 5) is 13.1. The first-order valence-electron chi connectivity index (χ1n) is 10.2. The van der Waals surface area contributed by atoms with Crippen LogP contribution in [0.25, 0.3) is 38.7 Å². The molecule has 4 heterocycles. The first kappa shape index (κ1) is 19.0. The van der Waals surface area contributed by atoms with Crippen molar-refractivity contribution in [2.75, 3.05) is 0 Å². The molecule has 0 atom stereocenters. The van der Waals surface area contributed by atoms with Crippen LogP contribution in [-0.4, -0.2) is 24.6 Å². The van der Waals surface area contributed by atoms with Crippen molar-refractivity contribution in [3.63, 3.8) is 0 Å². The Morgan fingerprint density at radius 2 is 1.81 bits per heavy atom. The molecule has 6 aromatic rings. The number of ether oxygens (including phenoxy) is 1. The third kappa shape index (κ3) is 3.29. The summed E-state index contributed by atoms with van der Waals surface area (Å²) in [5.74, 6) is 1.47. The first-order chi connectivity index (χ1) is 15.7. The monoisotopic (exact) mass is 599 g/mol. The summed E-state index contributed by atoms with van der Waals surface area (Å²) < 4.78 is 16.0. The fourth-order valence-electron chi connectivity index (χ4n) is 3.77. The van der Waals surface area contributed by atoms with Crippen molar-refractivity contribution in [3.05, 3.63) is 91.2 Å². The van der Waals surface area contributed by atoms with E-state index in [0.29, 0.717) is 34.5 Å². The Bertz CT molecular complexity index is 1650. The Kier molecular flexibility index (Phi) is 4.78.